The number of aryl methyl sites for hydroxylation is 1. The summed E-state index contributed by atoms with van der Waals surface area (Å²) in [7, 11) is 0. The lowest BCUT2D eigenvalue weighted by Gasteiger charge is -2.09. The zero-order valence-corrected chi connectivity index (χ0v) is 8.13. The van der Waals surface area contributed by atoms with E-state index in [-0.39, 0.29) is 11.7 Å². The van der Waals surface area contributed by atoms with E-state index in [9.17, 15) is 4.39 Å². The normalized spacial score (nSPS) is 12.9. The molecule has 0 aromatic carbocycles. The summed E-state index contributed by atoms with van der Waals surface area (Å²) >= 11 is 0. The van der Waals surface area contributed by atoms with E-state index < -0.39 is 5.82 Å². The van der Waals surface area contributed by atoms with Gasteiger partial charge in [0.15, 0.2) is 11.6 Å². The lowest BCUT2D eigenvalue weighted by molar-refractivity contribution is 0.590. The smallest absolute Gasteiger partial charge is 0.186 e. The van der Waals surface area contributed by atoms with Crippen molar-refractivity contribution < 1.29 is 4.39 Å². The Morgan fingerprint density at radius 1 is 1.46 bits per heavy atom. The molecule has 1 unspecified atom stereocenters. The maximum absolute atomic E-state index is 13.0. The summed E-state index contributed by atoms with van der Waals surface area (Å²) < 4.78 is 13.0. The van der Waals surface area contributed by atoms with Crippen molar-refractivity contribution in [3.05, 3.63) is 17.3 Å². The molecule has 2 N–H and O–H groups in total. The minimum absolute atomic E-state index is 0.0530. The monoisotopic (exact) mass is 183 g/mol. The number of halogens is 1. The van der Waals surface area contributed by atoms with E-state index in [2.05, 4.69) is 9.97 Å². The third kappa shape index (κ3) is 1.94. The van der Waals surface area contributed by atoms with E-state index in [1.165, 1.54) is 0 Å². The largest absolute Gasteiger partial charge is 0.381 e. The molecular formula is C9H14FN3. The Bertz CT molecular complexity index is 289. The van der Waals surface area contributed by atoms with Gasteiger partial charge in [0.05, 0.1) is 5.69 Å². The summed E-state index contributed by atoms with van der Waals surface area (Å²) in [5, 5.41) is 0. The van der Waals surface area contributed by atoms with Crippen LogP contribution >= 0.6 is 0 Å². The number of aromatic nitrogens is 2. The van der Waals surface area contributed by atoms with Crippen molar-refractivity contribution in [1.29, 1.82) is 0 Å². The molecule has 0 radical (unpaired) electrons. The zero-order chi connectivity index (χ0) is 10.0. The highest BCUT2D eigenvalue weighted by atomic mass is 19.1. The van der Waals surface area contributed by atoms with Gasteiger partial charge in [-0.05, 0) is 13.3 Å². The molecule has 0 aliphatic rings. The Morgan fingerprint density at radius 2 is 2.08 bits per heavy atom. The van der Waals surface area contributed by atoms with Gasteiger partial charge in [0.25, 0.3) is 0 Å². The summed E-state index contributed by atoms with van der Waals surface area (Å²) in [6, 6.07) is 0. The first-order valence-electron chi connectivity index (χ1n) is 4.35. The zero-order valence-electron chi connectivity index (χ0n) is 8.13. The number of hydrogen-bond donors (Lipinski definition) is 1. The molecule has 1 aromatic rings. The summed E-state index contributed by atoms with van der Waals surface area (Å²) in [6.45, 7) is 5.62. The highest BCUT2D eigenvalue weighted by Gasteiger charge is 2.12. The lowest BCUT2D eigenvalue weighted by atomic mass is 10.1. The van der Waals surface area contributed by atoms with Crippen LogP contribution in [0.4, 0.5) is 10.2 Å². The van der Waals surface area contributed by atoms with Gasteiger partial charge in [-0.3, -0.25) is 0 Å². The van der Waals surface area contributed by atoms with Gasteiger partial charge in [-0.1, -0.05) is 13.8 Å². The summed E-state index contributed by atoms with van der Waals surface area (Å²) in [4.78, 5) is 7.93. The predicted molar refractivity (Wildman–Crippen MR) is 49.8 cm³/mol. The molecule has 1 rings (SSSR count). The van der Waals surface area contributed by atoms with Gasteiger partial charge in [-0.15, -0.1) is 0 Å². The third-order valence-corrected chi connectivity index (χ3v) is 2.11. The number of nitrogens with two attached hydrogens (primary N) is 1. The molecule has 0 fully saturated rings. The Kier molecular flexibility index (Phi) is 2.80. The molecule has 0 spiro atoms. The minimum atomic E-state index is -0.507. The Hall–Kier alpha value is -1.19. The molecule has 1 heterocycles. The van der Waals surface area contributed by atoms with Crippen molar-refractivity contribution in [2.45, 2.75) is 33.1 Å². The van der Waals surface area contributed by atoms with Gasteiger partial charge < -0.3 is 5.73 Å². The predicted octanol–water partition coefficient (Wildman–Crippen LogP) is 2.02. The molecule has 72 valence electrons. The molecule has 3 nitrogen and oxygen atoms in total. The van der Waals surface area contributed by atoms with E-state index in [1.807, 2.05) is 13.8 Å². The van der Waals surface area contributed by atoms with Gasteiger partial charge in [0.2, 0.25) is 0 Å². The molecule has 13 heavy (non-hydrogen) atoms. The van der Waals surface area contributed by atoms with Crippen LogP contribution in [0.3, 0.4) is 0 Å². The van der Waals surface area contributed by atoms with Gasteiger partial charge in [-0.25, -0.2) is 14.4 Å². The Morgan fingerprint density at radius 3 is 2.54 bits per heavy atom. The number of nitrogen functional groups attached to an aromatic ring is 1. The molecular weight excluding hydrogens is 169 g/mol. The van der Waals surface area contributed by atoms with Crippen LogP contribution in [0.1, 0.15) is 37.7 Å². The molecule has 1 atom stereocenters. The van der Waals surface area contributed by atoms with Gasteiger partial charge in [-0.2, -0.15) is 0 Å². The maximum Gasteiger partial charge on any atom is 0.186 e. The Balaban J connectivity index is 3.13. The second kappa shape index (κ2) is 3.68. The van der Waals surface area contributed by atoms with Crippen molar-refractivity contribution in [2.75, 3.05) is 5.73 Å². The van der Waals surface area contributed by atoms with Crippen LogP contribution in [-0.2, 0) is 0 Å². The molecule has 0 aliphatic carbocycles. The fourth-order valence-corrected chi connectivity index (χ4v) is 1.01. The molecule has 0 amide bonds. The fourth-order valence-electron chi connectivity index (χ4n) is 1.01. The van der Waals surface area contributed by atoms with Crippen LogP contribution in [0.25, 0.3) is 0 Å². The van der Waals surface area contributed by atoms with Gasteiger partial charge in [0, 0.05) is 5.92 Å². The van der Waals surface area contributed by atoms with Crippen molar-refractivity contribution in [1.82, 2.24) is 9.97 Å². The molecule has 0 bridgehead atoms. The highest BCUT2D eigenvalue weighted by molar-refractivity contribution is 5.32. The third-order valence-electron chi connectivity index (χ3n) is 2.11. The lowest BCUT2D eigenvalue weighted by Crippen LogP contribution is -2.07. The highest BCUT2D eigenvalue weighted by Crippen LogP contribution is 2.18. The average Bonchev–Trinajstić information content (AvgIpc) is 2.12. The van der Waals surface area contributed by atoms with E-state index >= 15 is 0 Å². The van der Waals surface area contributed by atoms with Crippen LogP contribution in [0, 0.1) is 12.7 Å². The van der Waals surface area contributed by atoms with E-state index in [0.29, 0.717) is 11.5 Å². The van der Waals surface area contributed by atoms with Gasteiger partial charge in [0.1, 0.15) is 5.82 Å². The first kappa shape index (κ1) is 9.89. The second-order valence-corrected chi connectivity index (χ2v) is 3.18. The molecule has 0 saturated carbocycles. The van der Waals surface area contributed by atoms with Crippen LogP contribution in [0.5, 0.6) is 0 Å². The summed E-state index contributed by atoms with van der Waals surface area (Å²) in [5.74, 6) is 0.287. The number of nitrogens with zero attached hydrogens (tertiary/aromatic N) is 2. The maximum atomic E-state index is 13.0. The number of anilines is 1. The second-order valence-electron chi connectivity index (χ2n) is 3.18. The average molecular weight is 183 g/mol. The van der Waals surface area contributed by atoms with Crippen LogP contribution < -0.4 is 5.73 Å². The number of rotatable bonds is 2. The molecule has 0 saturated heterocycles. The Labute approximate surface area is 77.2 Å². The van der Waals surface area contributed by atoms with Crippen LogP contribution in [0.15, 0.2) is 0 Å². The SMILES string of the molecule is CCC(C)c1nc(C)c(F)c(N)n1. The van der Waals surface area contributed by atoms with E-state index in [4.69, 9.17) is 5.73 Å². The molecule has 0 aliphatic heterocycles. The van der Waals surface area contributed by atoms with Crippen LogP contribution in [0.2, 0.25) is 0 Å². The van der Waals surface area contributed by atoms with Crippen molar-refractivity contribution in [3.8, 4) is 0 Å². The van der Waals surface area contributed by atoms with Crippen LogP contribution in [-0.4, -0.2) is 9.97 Å². The summed E-state index contributed by atoms with van der Waals surface area (Å²) in [5.41, 5.74) is 5.71. The first-order chi connectivity index (χ1) is 6.06. The quantitative estimate of drug-likeness (QED) is 0.763. The van der Waals surface area contributed by atoms with E-state index in [0.717, 1.165) is 6.42 Å². The summed E-state index contributed by atoms with van der Waals surface area (Å²) in [6.07, 6.45) is 0.921. The number of hydrogen-bond acceptors (Lipinski definition) is 3. The van der Waals surface area contributed by atoms with Crippen molar-refractivity contribution >= 4 is 5.82 Å². The topological polar surface area (TPSA) is 51.8 Å². The first-order valence-corrected chi connectivity index (χ1v) is 4.35. The minimum Gasteiger partial charge on any atom is -0.381 e. The van der Waals surface area contributed by atoms with Gasteiger partial charge >= 0.3 is 0 Å². The van der Waals surface area contributed by atoms with Crippen molar-refractivity contribution in [2.24, 2.45) is 0 Å². The van der Waals surface area contributed by atoms with E-state index in [1.54, 1.807) is 6.92 Å². The fraction of sp³-hybridized carbons (Fsp3) is 0.556. The standard InChI is InChI=1S/C9H14FN3/c1-4-5(2)9-12-6(3)7(10)8(11)13-9/h5H,4H2,1-3H3,(H2,11,12,13). The molecule has 4 heteroatoms. The van der Waals surface area contributed by atoms with Crippen molar-refractivity contribution in [3.63, 3.8) is 0 Å². The molecule has 1 aromatic heterocycles.